The van der Waals surface area contributed by atoms with Crippen molar-refractivity contribution in [3.05, 3.63) is 58.9 Å². The van der Waals surface area contributed by atoms with Crippen LogP contribution in [0.25, 0.3) is 0 Å². The summed E-state index contributed by atoms with van der Waals surface area (Å²) >= 11 is 0. The van der Waals surface area contributed by atoms with Crippen molar-refractivity contribution in [2.24, 2.45) is 0 Å². The molecule has 0 spiro atoms. The van der Waals surface area contributed by atoms with E-state index in [1.165, 1.54) is 0 Å². The lowest BCUT2D eigenvalue weighted by Crippen LogP contribution is -2.25. The third-order valence-corrected chi connectivity index (χ3v) is 4.66. The number of amides is 1. The van der Waals surface area contributed by atoms with Gasteiger partial charge in [-0.1, -0.05) is 25.1 Å². The average Bonchev–Trinajstić information content (AvgIpc) is 2.64. The van der Waals surface area contributed by atoms with E-state index in [1.807, 2.05) is 37.3 Å². The summed E-state index contributed by atoms with van der Waals surface area (Å²) in [5.41, 5.74) is 2.99. The molecule has 3 rings (SSSR count). The number of halogens is 1. The van der Waals surface area contributed by atoms with Crippen molar-refractivity contribution >= 4 is 11.6 Å². The molecule has 1 heterocycles. The molecule has 1 amide bonds. The number of nitrogens with one attached hydrogen (secondary N) is 2. The van der Waals surface area contributed by atoms with Gasteiger partial charge in [-0.2, -0.15) is 0 Å². The number of hydrogen-bond acceptors (Lipinski definition) is 3. The minimum Gasteiger partial charge on any atom is -0.497 e. The molecule has 0 saturated carbocycles. The fraction of sp³-hybridized carbons (Fsp3) is 0.350. The number of fused-ring (bicyclic) bond motifs is 1. The maximum Gasteiger partial charge on any atom is 0.225 e. The second-order valence-corrected chi connectivity index (χ2v) is 6.42. The number of benzene rings is 2. The summed E-state index contributed by atoms with van der Waals surface area (Å²) < 4.78 is 19.7. The van der Waals surface area contributed by atoms with E-state index in [4.69, 9.17) is 4.74 Å². The number of anilines is 1. The molecule has 0 aliphatic carbocycles. The zero-order chi connectivity index (χ0) is 17.8. The third kappa shape index (κ3) is 3.99. The number of carbonyl (C=O) groups is 1. The fourth-order valence-corrected chi connectivity index (χ4v) is 3.16. The molecule has 2 N–H and O–H groups in total. The van der Waals surface area contributed by atoms with Gasteiger partial charge in [0.2, 0.25) is 5.91 Å². The molecule has 0 aromatic heterocycles. The molecule has 2 aromatic carbocycles. The van der Waals surface area contributed by atoms with Gasteiger partial charge in [-0.25, -0.2) is 4.39 Å². The first-order chi connectivity index (χ1) is 12.1. The SMILES string of the molecule is COc1ccc(C(C)CC(=O)Nc2ccc3c(c2F)CCNC3)cc1. The molecule has 4 nitrogen and oxygen atoms in total. The highest BCUT2D eigenvalue weighted by molar-refractivity contribution is 5.91. The first-order valence-corrected chi connectivity index (χ1v) is 8.53. The Balaban J connectivity index is 1.66. The van der Waals surface area contributed by atoms with Crippen LogP contribution in [0.1, 0.15) is 36.0 Å². The van der Waals surface area contributed by atoms with E-state index in [-0.39, 0.29) is 23.3 Å². The van der Waals surface area contributed by atoms with Crippen LogP contribution in [0.5, 0.6) is 5.75 Å². The predicted molar refractivity (Wildman–Crippen MR) is 96.5 cm³/mol. The van der Waals surface area contributed by atoms with Gasteiger partial charge in [0.25, 0.3) is 0 Å². The summed E-state index contributed by atoms with van der Waals surface area (Å²) in [6.45, 7) is 3.42. The molecule has 0 saturated heterocycles. The van der Waals surface area contributed by atoms with Crippen LogP contribution < -0.4 is 15.4 Å². The molecular weight excluding hydrogens is 319 g/mol. The van der Waals surface area contributed by atoms with Crippen molar-refractivity contribution in [1.82, 2.24) is 5.32 Å². The van der Waals surface area contributed by atoms with Crippen molar-refractivity contribution in [3.63, 3.8) is 0 Å². The molecular formula is C20H23FN2O2. The van der Waals surface area contributed by atoms with Crippen molar-refractivity contribution in [2.75, 3.05) is 19.0 Å². The van der Waals surface area contributed by atoms with Crippen LogP contribution >= 0.6 is 0 Å². The van der Waals surface area contributed by atoms with Gasteiger partial charge in [0, 0.05) is 13.0 Å². The maximum absolute atomic E-state index is 14.6. The monoisotopic (exact) mass is 342 g/mol. The number of methoxy groups -OCH3 is 1. The molecule has 0 radical (unpaired) electrons. The van der Waals surface area contributed by atoms with E-state index in [0.717, 1.165) is 23.4 Å². The molecule has 1 aliphatic rings. The molecule has 1 atom stereocenters. The molecule has 132 valence electrons. The second kappa shape index (κ2) is 7.66. The molecule has 0 fully saturated rings. The van der Waals surface area contributed by atoms with Gasteiger partial charge < -0.3 is 15.4 Å². The molecule has 5 heteroatoms. The Morgan fingerprint density at radius 2 is 2.04 bits per heavy atom. The van der Waals surface area contributed by atoms with Gasteiger partial charge in [0.15, 0.2) is 0 Å². The molecule has 1 unspecified atom stereocenters. The predicted octanol–water partition coefficient (Wildman–Crippen LogP) is 3.61. The highest BCUT2D eigenvalue weighted by atomic mass is 19.1. The van der Waals surface area contributed by atoms with Gasteiger partial charge in [0.1, 0.15) is 11.6 Å². The number of ether oxygens (including phenoxy) is 1. The molecule has 25 heavy (non-hydrogen) atoms. The first kappa shape index (κ1) is 17.4. The van der Waals surface area contributed by atoms with E-state index < -0.39 is 0 Å². The largest absolute Gasteiger partial charge is 0.497 e. The van der Waals surface area contributed by atoms with Crippen molar-refractivity contribution in [3.8, 4) is 5.75 Å². The van der Waals surface area contributed by atoms with Gasteiger partial charge in [-0.15, -0.1) is 0 Å². The topological polar surface area (TPSA) is 50.4 Å². The first-order valence-electron chi connectivity index (χ1n) is 8.53. The van der Waals surface area contributed by atoms with Crippen LogP contribution in [0, 0.1) is 5.82 Å². The van der Waals surface area contributed by atoms with E-state index in [0.29, 0.717) is 24.9 Å². The van der Waals surface area contributed by atoms with Gasteiger partial charge in [0.05, 0.1) is 12.8 Å². The highest BCUT2D eigenvalue weighted by Crippen LogP contribution is 2.26. The van der Waals surface area contributed by atoms with E-state index in [9.17, 15) is 9.18 Å². The van der Waals surface area contributed by atoms with E-state index in [2.05, 4.69) is 10.6 Å². The highest BCUT2D eigenvalue weighted by Gasteiger charge is 2.18. The van der Waals surface area contributed by atoms with Crippen LogP contribution in [0.3, 0.4) is 0 Å². The minimum atomic E-state index is -0.301. The summed E-state index contributed by atoms with van der Waals surface area (Å²) in [6, 6.07) is 11.2. The summed E-state index contributed by atoms with van der Waals surface area (Å²) in [6.07, 6.45) is 0.942. The molecule has 0 bridgehead atoms. The number of hydrogen-bond donors (Lipinski definition) is 2. The van der Waals surface area contributed by atoms with Crippen LogP contribution in [0.2, 0.25) is 0 Å². The van der Waals surface area contributed by atoms with Crippen LogP contribution in [0.15, 0.2) is 36.4 Å². The smallest absolute Gasteiger partial charge is 0.225 e. The Bertz CT molecular complexity index is 759. The lowest BCUT2D eigenvalue weighted by Gasteiger charge is -2.20. The maximum atomic E-state index is 14.6. The van der Waals surface area contributed by atoms with E-state index in [1.54, 1.807) is 13.2 Å². The van der Waals surface area contributed by atoms with Crippen molar-refractivity contribution in [2.45, 2.75) is 32.2 Å². The normalized spacial score (nSPS) is 14.5. The van der Waals surface area contributed by atoms with Gasteiger partial charge in [-0.3, -0.25) is 4.79 Å². The second-order valence-electron chi connectivity index (χ2n) is 6.42. The van der Waals surface area contributed by atoms with E-state index >= 15 is 0 Å². The Labute approximate surface area is 147 Å². The summed E-state index contributed by atoms with van der Waals surface area (Å²) in [7, 11) is 1.62. The minimum absolute atomic E-state index is 0.0378. The average molecular weight is 342 g/mol. The lowest BCUT2D eigenvalue weighted by molar-refractivity contribution is -0.116. The Kier molecular flexibility index (Phi) is 5.34. The quantitative estimate of drug-likeness (QED) is 0.873. The lowest BCUT2D eigenvalue weighted by atomic mass is 9.97. The Morgan fingerprint density at radius 1 is 1.28 bits per heavy atom. The standard InChI is InChI=1S/C20H23FN2O2/c1-13(14-3-6-16(25-2)7-4-14)11-19(24)23-18-8-5-15-12-22-10-9-17(15)20(18)21/h3-8,13,22H,9-12H2,1-2H3,(H,23,24). The number of carbonyl (C=O) groups excluding carboxylic acids is 1. The summed E-state index contributed by atoms with van der Waals surface area (Å²) in [5, 5.41) is 5.94. The van der Waals surface area contributed by atoms with Crippen molar-refractivity contribution in [1.29, 1.82) is 0 Å². The van der Waals surface area contributed by atoms with Crippen molar-refractivity contribution < 1.29 is 13.9 Å². The summed E-state index contributed by atoms with van der Waals surface area (Å²) in [4.78, 5) is 12.3. The fourth-order valence-electron chi connectivity index (χ4n) is 3.16. The zero-order valence-electron chi connectivity index (χ0n) is 14.6. The van der Waals surface area contributed by atoms with Crippen LogP contribution in [-0.4, -0.2) is 19.6 Å². The number of rotatable bonds is 5. The summed E-state index contributed by atoms with van der Waals surface area (Å²) in [5.74, 6) is 0.336. The molecule has 2 aromatic rings. The molecule has 1 aliphatic heterocycles. The Morgan fingerprint density at radius 3 is 2.76 bits per heavy atom. The van der Waals surface area contributed by atoms with Crippen LogP contribution in [-0.2, 0) is 17.8 Å². The van der Waals surface area contributed by atoms with Gasteiger partial charge in [-0.05, 0) is 53.8 Å². The third-order valence-electron chi connectivity index (χ3n) is 4.66. The van der Waals surface area contributed by atoms with Crippen LogP contribution in [0.4, 0.5) is 10.1 Å². The van der Waals surface area contributed by atoms with Gasteiger partial charge >= 0.3 is 0 Å². The zero-order valence-corrected chi connectivity index (χ0v) is 14.6. The Hall–Kier alpha value is -2.40.